The van der Waals surface area contributed by atoms with Gasteiger partial charge < -0.3 is 15.0 Å². The van der Waals surface area contributed by atoms with Crippen LogP contribution in [0, 0.1) is 0 Å². The number of nitrogens with one attached hydrogen (secondary N) is 1. The topological polar surface area (TPSA) is 58.6 Å². The molecule has 0 spiro atoms. The van der Waals surface area contributed by atoms with Crippen molar-refractivity contribution in [3.63, 3.8) is 0 Å². The molecule has 1 N–H and O–H groups in total. The Morgan fingerprint density at radius 3 is 2.35 bits per heavy atom. The summed E-state index contributed by atoms with van der Waals surface area (Å²) in [6, 6.07) is 16.7. The van der Waals surface area contributed by atoms with E-state index in [2.05, 4.69) is 5.32 Å². The highest BCUT2D eigenvalue weighted by atomic mass is 16.5. The summed E-state index contributed by atoms with van der Waals surface area (Å²) in [6.07, 6.45) is 1.59. The molecule has 26 heavy (non-hydrogen) atoms. The van der Waals surface area contributed by atoms with Crippen molar-refractivity contribution in [3.8, 4) is 5.75 Å². The van der Waals surface area contributed by atoms with Crippen molar-refractivity contribution in [3.05, 3.63) is 65.7 Å². The van der Waals surface area contributed by atoms with Crippen LogP contribution >= 0.6 is 0 Å². The smallest absolute Gasteiger partial charge is 0.261 e. The van der Waals surface area contributed by atoms with Crippen LogP contribution in [0.4, 0.5) is 0 Å². The molecule has 3 rings (SSSR count). The number of ether oxygens (including phenoxy) is 1. The Kier molecular flexibility index (Phi) is 5.89. The lowest BCUT2D eigenvalue weighted by atomic mass is 10.1. The van der Waals surface area contributed by atoms with Gasteiger partial charge >= 0.3 is 0 Å². The fourth-order valence-electron chi connectivity index (χ4n) is 2.96. The van der Waals surface area contributed by atoms with Crippen LogP contribution in [0.15, 0.2) is 54.6 Å². The van der Waals surface area contributed by atoms with Gasteiger partial charge in [-0.3, -0.25) is 9.59 Å². The Labute approximate surface area is 154 Å². The minimum atomic E-state index is -0.576. The zero-order valence-corrected chi connectivity index (χ0v) is 15.0. The summed E-state index contributed by atoms with van der Waals surface area (Å²) in [5.41, 5.74) is 1.64. The lowest BCUT2D eigenvalue weighted by Gasteiger charge is -2.16. The van der Waals surface area contributed by atoms with Gasteiger partial charge in [0.25, 0.3) is 11.8 Å². The molecule has 2 aromatic rings. The second-order valence-corrected chi connectivity index (χ2v) is 6.49. The van der Waals surface area contributed by atoms with Gasteiger partial charge in [0.05, 0.1) is 0 Å². The lowest BCUT2D eigenvalue weighted by molar-refractivity contribution is -0.127. The Morgan fingerprint density at radius 1 is 1.04 bits per heavy atom. The number of hydrogen-bond donors (Lipinski definition) is 1. The molecule has 0 saturated carbocycles. The molecule has 1 atom stereocenters. The highest BCUT2D eigenvalue weighted by molar-refractivity contribution is 5.94. The van der Waals surface area contributed by atoms with Gasteiger partial charge in [0.15, 0.2) is 6.10 Å². The Balaban J connectivity index is 1.49. The quantitative estimate of drug-likeness (QED) is 0.869. The van der Waals surface area contributed by atoms with Gasteiger partial charge in [-0.05, 0) is 49.6 Å². The van der Waals surface area contributed by atoms with Gasteiger partial charge in [0, 0.05) is 25.2 Å². The first-order valence-electron chi connectivity index (χ1n) is 9.01. The predicted octanol–water partition coefficient (Wildman–Crippen LogP) is 3.01. The molecular formula is C21H24N2O3. The molecule has 1 saturated heterocycles. The van der Waals surface area contributed by atoms with Crippen LogP contribution in [-0.2, 0) is 11.3 Å². The van der Waals surface area contributed by atoms with Crippen LogP contribution in [0.2, 0.25) is 0 Å². The normalized spacial score (nSPS) is 14.7. The maximum Gasteiger partial charge on any atom is 0.261 e. The number of likely N-dealkylation sites (tertiary alicyclic amines) is 1. The summed E-state index contributed by atoms with van der Waals surface area (Å²) in [4.78, 5) is 26.4. The Morgan fingerprint density at radius 2 is 1.69 bits per heavy atom. The third-order valence-corrected chi connectivity index (χ3v) is 4.49. The highest BCUT2D eigenvalue weighted by Gasteiger charge is 2.19. The highest BCUT2D eigenvalue weighted by Crippen LogP contribution is 2.14. The first-order valence-corrected chi connectivity index (χ1v) is 9.01. The average Bonchev–Trinajstić information content (AvgIpc) is 3.21. The summed E-state index contributed by atoms with van der Waals surface area (Å²) >= 11 is 0. The van der Waals surface area contributed by atoms with E-state index in [9.17, 15) is 9.59 Å². The molecule has 0 aromatic heterocycles. The molecule has 136 valence electrons. The van der Waals surface area contributed by atoms with Gasteiger partial charge in [-0.1, -0.05) is 30.3 Å². The van der Waals surface area contributed by atoms with Gasteiger partial charge in [-0.25, -0.2) is 0 Å². The van der Waals surface area contributed by atoms with E-state index in [4.69, 9.17) is 4.74 Å². The van der Waals surface area contributed by atoms with Gasteiger partial charge in [0.1, 0.15) is 5.75 Å². The molecule has 1 aliphatic rings. The lowest BCUT2D eigenvalue weighted by Crippen LogP contribution is -2.35. The second-order valence-electron chi connectivity index (χ2n) is 6.49. The van der Waals surface area contributed by atoms with Crippen molar-refractivity contribution in [2.45, 2.75) is 32.4 Å². The third-order valence-electron chi connectivity index (χ3n) is 4.49. The number of hydrogen-bond acceptors (Lipinski definition) is 3. The molecule has 1 aliphatic heterocycles. The standard InChI is InChI=1S/C21H24N2O3/c1-16(26-19-7-3-2-4-8-19)20(24)22-15-17-9-11-18(12-10-17)21(25)23-13-5-6-14-23/h2-4,7-12,16H,5-6,13-15H2,1H3,(H,22,24). The van der Waals surface area contributed by atoms with Crippen molar-refractivity contribution in [1.29, 1.82) is 0 Å². The first-order chi connectivity index (χ1) is 12.6. The van der Waals surface area contributed by atoms with Crippen molar-refractivity contribution >= 4 is 11.8 Å². The fraction of sp³-hybridized carbons (Fsp3) is 0.333. The van der Waals surface area contributed by atoms with E-state index in [0.29, 0.717) is 17.9 Å². The third kappa shape index (κ3) is 4.63. The van der Waals surface area contributed by atoms with E-state index in [0.717, 1.165) is 31.5 Å². The Hall–Kier alpha value is -2.82. The number of para-hydroxylation sites is 1. The number of amides is 2. The molecule has 0 bridgehead atoms. The molecule has 5 heteroatoms. The fourth-order valence-corrected chi connectivity index (χ4v) is 2.96. The molecule has 1 fully saturated rings. The van der Waals surface area contributed by atoms with E-state index < -0.39 is 6.10 Å². The largest absolute Gasteiger partial charge is 0.481 e. The molecular weight excluding hydrogens is 328 g/mol. The molecule has 1 unspecified atom stereocenters. The summed E-state index contributed by atoms with van der Waals surface area (Å²) in [6.45, 7) is 3.81. The molecule has 1 heterocycles. The maximum absolute atomic E-state index is 12.3. The van der Waals surface area contributed by atoms with Crippen molar-refractivity contribution in [2.75, 3.05) is 13.1 Å². The van der Waals surface area contributed by atoms with Crippen LogP contribution in [0.3, 0.4) is 0 Å². The number of benzene rings is 2. The second kappa shape index (κ2) is 8.52. The number of carbonyl (C=O) groups excluding carboxylic acids is 2. The zero-order valence-electron chi connectivity index (χ0n) is 15.0. The maximum atomic E-state index is 12.3. The van der Waals surface area contributed by atoms with E-state index in [1.165, 1.54) is 0 Å². The van der Waals surface area contributed by atoms with E-state index in [1.54, 1.807) is 6.92 Å². The predicted molar refractivity (Wildman–Crippen MR) is 100.0 cm³/mol. The van der Waals surface area contributed by atoms with Crippen LogP contribution in [-0.4, -0.2) is 35.9 Å². The molecule has 2 aromatic carbocycles. The van der Waals surface area contributed by atoms with Crippen LogP contribution in [0.1, 0.15) is 35.7 Å². The molecule has 2 amide bonds. The minimum Gasteiger partial charge on any atom is -0.481 e. The summed E-state index contributed by atoms with van der Waals surface area (Å²) in [7, 11) is 0. The number of carbonyl (C=O) groups is 2. The minimum absolute atomic E-state index is 0.0861. The SMILES string of the molecule is CC(Oc1ccccc1)C(=O)NCc1ccc(C(=O)N2CCCC2)cc1. The van der Waals surface area contributed by atoms with Crippen LogP contribution in [0.25, 0.3) is 0 Å². The van der Waals surface area contributed by atoms with Gasteiger partial charge in [0.2, 0.25) is 0 Å². The zero-order chi connectivity index (χ0) is 18.4. The van der Waals surface area contributed by atoms with Crippen molar-refractivity contribution in [2.24, 2.45) is 0 Å². The molecule has 5 nitrogen and oxygen atoms in total. The van der Waals surface area contributed by atoms with Gasteiger partial charge in [-0.15, -0.1) is 0 Å². The van der Waals surface area contributed by atoms with Crippen LogP contribution < -0.4 is 10.1 Å². The average molecular weight is 352 g/mol. The van der Waals surface area contributed by atoms with E-state index >= 15 is 0 Å². The Bertz CT molecular complexity index is 738. The van der Waals surface area contributed by atoms with E-state index in [1.807, 2.05) is 59.5 Å². The van der Waals surface area contributed by atoms with Crippen molar-refractivity contribution in [1.82, 2.24) is 10.2 Å². The first kappa shape index (κ1) is 18.0. The molecule has 0 aliphatic carbocycles. The van der Waals surface area contributed by atoms with Gasteiger partial charge in [-0.2, -0.15) is 0 Å². The van der Waals surface area contributed by atoms with Crippen molar-refractivity contribution < 1.29 is 14.3 Å². The molecule has 0 radical (unpaired) electrons. The number of nitrogens with zero attached hydrogens (tertiary/aromatic N) is 1. The number of rotatable bonds is 6. The van der Waals surface area contributed by atoms with E-state index in [-0.39, 0.29) is 11.8 Å². The van der Waals surface area contributed by atoms with Crippen LogP contribution in [0.5, 0.6) is 5.75 Å². The monoisotopic (exact) mass is 352 g/mol. The summed E-state index contributed by atoms with van der Waals surface area (Å²) < 4.78 is 5.61. The summed E-state index contributed by atoms with van der Waals surface area (Å²) in [5, 5.41) is 2.86. The summed E-state index contributed by atoms with van der Waals surface area (Å²) in [5.74, 6) is 0.578.